The van der Waals surface area contributed by atoms with Crippen LogP contribution >= 0.6 is 11.8 Å². The topological polar surface area (TPSA) is 72.6 Å². The first-order valence-corrected chi connectivity index (χ1v) is 7.26. The van der Waals surface area contributed by atoms with Crippen molar-refractivity contribution in [2.75, 3.05) is 7.11 Å². The molecule has 5 nitrogen and oxygen atoms in total. The van der Waals surface area contributed by atoms with Crippen molar-refractivity contribution in [1.29, 1.82) is 0 Å². The van der Waals surface area contributed by atoms with E-state index in [1.54, 1.807) is 24.9 Å². The molecule has 0 unspecified atom stereocenters. The highest BCUT2D eigenvalue weighted by Gasteiger charge is 2.11. The van der Waals surface area contributed by atoms with Gasteiger partial charge in [-0.1, -0.05) is 12.1 Å². The highest BCUT2D eigenvalue weighted by atomic mass is 32.2. The summed E-state index contributed by atoms with van der Waals surface area (Å²) in [5.74, 6) is 1.21. The second-order valence-electron chi connectivity index (χ2n) is 4.34. The van der Waals surface area contributed by atoms with Gasteiger partial charge in [0.1, 0.15) is 5.75 Å². The number of rotatable bonds is 6. The van der Waals surface area contributed by atoms with Crippen LogP contribution in [0.1, 0.15) is 11.1 Å². The van der Waals surface area contributed by atoms with E-state index in [0.717, 1.165) is 16.0 Å². The summed E-state index contributed by atoms with van der Waals surface area (Å²) >= 11 is 1.56. The van der Waals surface area contributed by atoms with E-state index in [2.05, 4.69) is 0 Å². The molecule has 0 aromatic heterocycles. The molecule has 2 aromatic carbocycles. The molecule has 2 rings (SSSR count). The zero-order valence-electron chi connectivity index (χ0n) is 11.5. The summed E-state index contributed by atoms with van der Waals surface area (Å²) in [5.41, 5.74) is 1.69. The van der Waals surface area contributed by atoms with Gasteiger partial charge in [0, 0.05) is 28.3 Å². The molecule has 6 heteroatoms. The molecule has 0 heterocycles. The second-order valence-corrected chi connectivity index (χ2v) is 5.39. The minimum Gasteiger partial charge on any atom is -0.496 e. The Morgan fingerprint density at radius 2 is 1.95 bits per heavy atom. The van der Waals surface area contributed by atoms with Crippen LogP contribution in [-0.2, 0) is 12.4 Å². The average Bonchev–Trinajstić information content (AvgIpc) is 2.53. The van der Waals surface area contributed by atoms with Crippen molar-refractivity contribution < 1.29 is 14.8 Å². The molecular weight excluding hydrogens is 290 g/mol. The van der Waals surface area contributed by atoms with Crippen LogP contribution in [0.2, 0.25) is 0 Å². The van der Waals surface area contributed by atoms with Crippen LogP contribution in [-0.4, -0.2) is 17.1 Å². The Labute approximate surface area is 126 Å². The Morgan fingerprint density at radius 3 is 2.52 bits per heavy atom. The SMILES string of the molecule is COc1ccc([N+](=O)[O-])cc1CSc1ccc(CO)cc1. The quantitative estimate of drug-likeness (QED) is 0.503. The van der Waals surface area contributed by atoms with Crippen molar-refractivity contribution in [3.8, 4) is 5.75 Å². The lowest BCUT2D eigenvalue weighted by Crippen LogP contribution is -1.94. The number of methoxy groups -OCH3 is 1. The Bertz CT molecular complexity index is 628. The van der Waals surface area contributed by atoms with Gasteiger partial charge in [-0.3, -0.25) is 10.1 Å². The predicted molar refractivity (Wildman–Crippen MR) is 81.6 cm³/mol. The van der Waals surface area contributed by atoms with Crippen LogP contribution in [0.25, 0.3) is 0 Å². The van der Waals surface area contributed by atoms with Gasteiger partial charge in [0.25, 0.3) is 5.69 Å². The van der Waals surface area contributed by atoms with Gasteiger partial charge in [-0.15, -0.1) is 11.8 Å². The summed E-state index contributed by atoms with van der Waals surface area (Å²) in [4.78, 5) is 11.4. The Morgan fingerprint density at radius 1 is 1.24 bits per heavy atom. The third kappa shape index (κ3) is 3.96. The van der Waals surface area contributed by atoms with Gasteiger partial charge in [-0.2, -0.15) is 0 Å². The standard InChI is InChI=1S/C15H15NO4S/c1-20-15-7-4-13(16(18)19)8-12(15)10-21-14-5-2-11(9-17)3-6-14/h2-8,17H,9-10H2,1H3. The molecule has 0 bridgehead atoms. The fourth-order valence-corrected chi connectivity index (χ4v) is 2.72. The molecule has 0 atom stereocenters. The van der Waals surface area contributed by atoms with Gasteiger partial charge in [-0.05, 0) is 23.8 Å². The molecule has 2 aromatic rings. The number of aliphatic hydroxyl groups is 1. The first kappa shape index (κ1) is 15.3. The van der Waals surface area contributed by atoms with E-state index in [1.807, 2.05) is 24.3 Å². The maximum Gasteiger partial charge on any atom is 0.270 e. The van der Waals surface area contributed by atoms with Crippen molar-refractivity contribution in [3.05, 3.63) is 63.7 Å². The molecule has 0 radical (unpaired) electrons. The fourth-order valence-electron chi connectivity index (χ4n) is 1.84. The molecule has 110 valence electrons. The average molecular weight is 305 g/mol. The van der Waals surface area contributed by atoms with E-state index in [-0.39, 0.29) is 12.3 Å². The molecule has 0 aliphatic rings. The van der Waals surface area contributed by atoms with Crippen molar-refractivity contribution in [3.63, 3.8) is 0 Å². The molecule has 0 aliphatic heterocycles. The summed E-state index contributed by atoms with van der Waals surface area (Å²) in [6, 6.07) is 12.1. The van der Waals surface area contributed by atoms with Crippen LogP contribution in [0.5, 0.6) is 5.75 Å². The first-order chi connectivity index (χ1) is 10.1. The number of nitro groups is 1. The summed E-state index contributed by atoms with van der Waals surface area (Å²) in [6.45, 7) is 0.0175. The molecular formula is C15H15NO4S. The minimum absolute atomic E-state index is 0.0175. The number of non-ortho nitro benzene ring substituents is 1. The molecule has 0 aliphatic carbocycles. The van der Waals surface area contributed by atoms with Gasteiger partial charge in [-0.25, -0.2) is 0 Å². The zero-order chi connectivity index (χ0) is 15.2. The van der Waals surface area contributed by atoms with Gasteiger partial charge in [0.05, 0.1) is 18.6 Å². The third-order valence-corrected chi connectivity index (χ3v) is 4.04. The van der Waals surface area contributed by atoms with E-state index < -0.39 is 4.92 Å². The van der Waals surface area contributed by atoms with Crippen molar-refractivity contribution >= 4 is 17.4 Å². The van der Waals surface area contributed by atoms with Crippen LogP contribution in [0.3, 0.4) is 0 Å². The largest absolute Gasteiger partial charge is 0.496 e. The summed E-state index contributed by atoms with van der Waals surface area (Å²) in [7, 11) is 1.55. The predicted octanol–water partition coefficient (Wildman–Crippen LogP) is 3.39. The lowest BCUT2D eigenvalue weighted by molar-refractivity contribution is -0.384. The molecule has 0 saturated heterocycles. The first-order valence-electron chi connectivity index (χ1n) is 6.28. The van der Waals surface area contributed by atoms with Crippen LogP contribution in [0.4, 0.5) is 5.69 Å². The number of hydrogen-bond acceptors (Lipinski definition) is 5. The lowest BCUT2D eigenvalue weighted by atomic mass is 10.2. The Hall–Kier alpha value is -2.05. The van der Waals surface area contributed by atoms with E-state index in [1.165, 1.54) is 12.1 Å². The van der Waals surface area contributed by atoms with Crippen molar-refractivity contribution in [2.45, 2.75) is 17.3 Å². The van der Waals surface area contributed by atoms with Crippen molar-refractivity contribution in [1.82, 2.24) is 0 Å². The number of nitro benzene ring substituents is 1. The Kier molecular flexibility index (Phi) is 5.19. The second kappa shape index (κ2) is 7.10. The molecule has 0 amide bonds. The van der Waals surface area contributed by atoms with Crippen molar-refractivity contribution in [2.24, 2.45) is 0 Å². The third-order valence-electron chi connectivity index (χ3n) is 2.98. The molecule has 21 heavy (non-hydrogen) atoms. The molecule has 1 N–H and O–H groups in total. The summed E-state index contributed by atoms with van der Waals surface area (Å²) in [6.07, 6.45) is 0. The normalized spacial score (nSPS) is 10.4. The summed E-state index contributed by atoms with van der Waals surface area (Å²) < 4.78 is 5.24. The number of nitrogens with zero attached hydrogens (tertiary/aromatic N) is 1. The molecule has 0 fully saturated rings. The lowest BCUT2D eigenvalue weighted by Gasteiger charge is -2.08. The van der Waals surface area contributed by atoms with Crippen LogP contribution in [0.15, 0.2) is 47.4 Å². The maximum atomic E-state index is 10.8. The zero-order valence-corrected chi connectivity index (χ0v) is 12.3. The number of benzene rings is 2. The van der Waals surface area contributed by atoms with Crippen LogP contribution < -0.4 is 4.74 Å². The van der Waals surface area contributed by atoms with Gasteiger partial charge < -0.3 is 9.84 Å². The Balaban J connectivity index is 2.13. The summed E-state index contributed by atoms with van der Waals surface area (Å²) in [5, 5.41) is 19.8. The van der Waals surface area contributed by atoms with E-state index >= 15 is 0 Å². The van der Waals surface area contributed by atoms with E-state index in [0.29, 0.717) is 11.5 Å². The number of thioether (sulfide) groups is 1. The van der Waals surface area contributed by atoms with Gasteiger partial charge in [0.2, 0.25) is 0 Å². The highest BCUT2D eigenvalue weighted by Crippen LogP contribution is 2.30. The highest BCUT2D eigenvalue weighted by molar-refractivity contribution is 7.98. The van der Waals surface area contributed by atoms with E-state index in [9.17, 15) is 10.1 Å². The molecule has 0 saturated carbocycles. The minimum atomic E-state index is -0.413. The monoisotopic (exact) mass is 305 g/mol. The maximum absolute atomic E-state index is 10.8. The molecule has 0 spiro atoms. The van der Waals surface area contributed by atoms with Gasteiger partial charge >= 0.3 is 0 Å². The van der Waals surface area contributed by atoms with Crippen LogP contribution in [0, 0.1) is 10.1 Å². The van der Waals surface area contributed by atoms with E-state index in [4.69, 9.17) is 9.84 Å². The number of ether oxygens (including phenoxy) is 1. The number of aliphatic hydroxyl groups excluding tert-OH is 1. The smallest absolute Gasteiger partial charge is 0.270 e. The fraction of sp³-hybridized carbons (Fsp3) is 0.200. The van der Waals surface area contributed by atoms with Gasteiger partial charge in [0.15, 0.2) is 0 Å². The number of hydrogen-bond donors (Lipinski definition) is 1.